The molecular formula is C11H20N4O2. The molecule has 1 aromatic rings. The average molecular weight is 240 g/mol. The van der Waals surface area contributed by atoms with Gasteiger partial charge in [-0.15, -0.1) is 0 Å². The van der Waals surface area contributed by atoms with Crippen LogP contribution in [0.4, 0.5) is 5.82 Å². The van der Waals surface area contributed by atoms with Gasteiger partial charge >= 0.3 is 0 Å². The first-order valence-electron chi connectivity index (χ1n) is 5.57. The number of hydrogen-bond acceptors (Lipinski definition) is 5. The summed E-state index contributed by atoms with van der Waals surface area (Å²) in [5.74, 6) is 1.28. The van der Waals surface area contributed by atoms with E-state index in [1.165, 1.54) is 13.4 Å². The number of hydrogen-bond donors (Lipinski definition) is 2. The third kappa shape index (κ3) is 3.45. The number of methoxy groups -OCH3 is 1. The van der Waals surface area contributed by atoms with E-state index in [0.717, 1.165) is 13.1 Å². The van der Waals surface area contributed by atoms with Gasteiger partial charge in [0.1, 0.15) is 0 Å². The first-order chi connectivity index (χ1) is 8.10. The first-order valence-corrected chi connectivity index (χ1v) is 5.57. The van der Waals surface area contributed by atoms with Crippen LogP contribution in [0.5, 0.6) is 5.75 Å². The summed E-state index contributed by atoms with van der Waals surface area (Å²) in [5, 5.41) is 3.12. The van der Waals surface area contributed by atoms with Crippen molar-refractivity contribution in [3.8, 4) is 5.75 Å². The van der Waals surface area contributed by atoms with Gasteiger partial charge in [-0.1, -0.05) is 6.92 Å². The molecular weight excluding hydrogens is 220 g/mol. The quantitative estimate of drug-likeness (QED) is 0.736. The maximum atomic E-state index is 11.5. The van der Waals surface area contributed by atoms with E-state index in [1.54, 1.807) is 0 Å². The zero-order valence-corrected chi connectivity index (χ0v) is 10.8. The van der Waals surface area contributed by atoms with Crippen molar-refractivity contribution in [2.75, 3.05) is 39.2 Å². The number of anilines is 1. The Balaban J connectivity index is 2.85. The topological polar surface area (TPSA) is 70.2 Å². The minimum absolute atomic E-state index is 0.256. The molecule has 0 saturated carbocycles. The molecule has 1 aromatic heterocycles. The van der Waals surface area contributed by atoms with E-state index in [0.29, 0.717) is 11.7 Å². The molecule has 0 aliphatic carbocycles. The van der Waals surface area contributed by atoms with Gasteiger partial charge in [-0.3, -0.25) is 4.79 Å². The van der Waals surface area contributed by atoms with Crippen LogP contribution in [0.25, 0.3) is 0 Å². The zero-order chi connectivity index (χ0) is 12.8. The van der Waals surface area contributed by atoms with Crippen LogP contribution in [0.15, 0.2) is 11.1 Å². The molecule has 0 fully saturated rings. The molecule has 0 amide bonds. The Morgan fingerprint density at radius 1 is 1.65 bits per heavy atom. The SMILES string of the molecule is CNCC(C)CN(C)c1nc[nH]c(=O)c1OC. The first kappa shape index (κ1) is 13.5. The third-order valence-electron chi connectivity index (χ3n) is 2.50. The maximum Gasteiger partial charge on any atom is 0.295 e. The van der Waals surface area contributed by atoms with Crippen molar-refractivity contribution in [3.63, 3.8) is 0 Å². The average Bonchev–Trinajstić information content (AvgIpc) is 2.28. The van der Waals surface area contributed by atoms with E-state index in [2.05, 4.69) is 22.2 Å². The van der Waals surface area contributed by atoms with Gasteiger partial charge in [-0.2, -0.15) is 0 Å². The fraction of sp³-hybridized carbons (Fsp3) is 0.636. The van der Waals surface area contributed by atoms with Crippen LogP contribution in [0.3, 0.4) is 0 Å². The van der Waals surface area contributed by atoms with E-state index >= 15 is 0 Å². The van der Waals surface area contributed by atoms with Crippen molar-refractivity contribution >= 4 is 5.82 Å². The fourth-order valence-electron chi connectivity index (χ4n) is 1.80. The van der Waals surface area contributed by atoms with Crippen LogP contribution in [0, 0.1) is 5.92 Å². The lowest BCUT2D eigenvalue weighted by Gasteiger charge is -2.23. The lowest BCUT2D eigenvalue weighted by Crippen LogP contribution is -2.31. The molecule has 2 N–H and O–H groups in total. The summed E-state index contributed by atoms with van der Waals surface area (Å²) in [6.07, 6.45) is 1.39. The van der Waals surface area contributed by atoms with E-state index in [1.807, 2.05) is 19.0 Å². The summed E-state index contributed by atoms with van der Waals surface area (Å²) in [6.45, 7) is 3.84. The van der Waals surface area contributed by atoms with Gasteiger partial charge in [0.05, 0.1) is 13.4 Å². The van der Waals surface area contributed by atoms with Gasteiger partial charge in [0.15, 0.2) is 5.82 Å². The number of aromatic amines is 1. The second-order valence-electron chi connectivity index (χ2n) is 4.13. The van der Waals surface area contributed by atoms with Gasteiger partial charge in [0.25, 0.3) is 5.56 Å². The van der Waals surface area contributed by atoms with E-state index in [9.17, 15) is 4.79 Å². The van der Waals surface area contributed by atoms with Gasteiger partial charge in [-0.05, 0) is 19.5 Å². The lowest BCUT2D eigenvalue weighted by atomic mass is 10.1. The van der Waals surface area contributed by atoms with Gasteiger partial charge in [0, 0.05) is 13.6 Å². The maximum absolute atomic E-state index is 11.5. The summed E-state index contributed by atoms with van der Waals surface area (Å²) in [6, 6.07) is 0. The number of rotatable bonds is 6. The van der Waals surface area contributed by atoms with Crippen molar-refractivity contribution < 1.29 is 4.74 Å². The Morgan fingerprint density at radius 3 is 2.94 bits per heavy atom. The van der Waals surface area contributed by atoms with Crippen LogP contribution in [0.1, 0.15) is 6.92 Å². The highest BCUT2D eigenvalue weighted by molar-refractivity contribution is 5.49. The van der Waals surface area contributed by atoms with Crippen LogP contribution >= 0.6 is 0 Å². The number of nitrogens with zero attached hydrogens (tertiary/aromatic N) is 2. The Bertz CT molecular complexity index is 405. The van der Waals surface area contributed by atoms with Crippen molar-refractivity contribution in [2.24, 2.45) is 5.92 Å². The molecule has 0 aromatic carbocycles. The summed E-state index contributed by atoms with van der Waals surface area (Å²) in [5.41, 5.74) is -0.259. The molecule has 0 spiro atoms. The Labute approximate surface area is 101 Å². The van der Waals surface area contributed by atoms with Crippen molar-refractivity contribution in [1.82, 2.24) is 15.3 Å². The number of H-pyrrole nitrogens is 1. The van der Waals surface area contributed by atoms with Crippen LogP contribution in [-0.2, 0) is 0 Å². The highest BCUT2D eigenvalue weighted by Crippen LogP contribution is 2.19. The highest BCUT2D eigenvalue weighted by atomic mass is 16.5. The standard InChI is InChI=1S/C11H20N4O2/c1-8(5-12-2)6-15(3)10-9(17-4)11(16)14-7-13-10/h7-8,12H,5-6H2,1-4H3,(H,13,14,16). The Morgan fingerprint density at radius 2 is 2.35 bits per heavy atom. The molecule has 1 heterocycles. The van der Waals surface area contributed by atoms with Crippen molar-refractivity contribution in [2.45, 2.75) is 6.92 Å². The van der Waals surface area contributed by atoms with Crippen LogP contribution < -0.4 is 20.5 Å². The predicted octanol–water partition coefficient (Wildman–Crippen LogP) is 0.0702. The minimum atomic E-state index is -0.259. The molecule has 0 aliphatic rings. The fourth-order valence-corrected chi connectivity index (χ4v) is 1.80. The smallest absolute Gasteiger partial charge is 0.295 e. The predicted molar refractivity (Wildman–Crippen MR) is 67.8 cm³/mol. The van der Waals surface area contributed by atoms with Crippen LogP contribution in [-0.4, -0.2) is 44.3 Å². The van der Waals surface area contributed by atoms with E-state index < -0.39 is 0 Å². The molecule has 0 aliphatic heterocycles. The molecule has 17 heavy (non-hydrogen) atoms. The monoisotopic (exact) mass is 240 g/mol. The van der Waals surface area contributed by atoms with Gasteiger partial charge < -0.3 is 19.9 Å². The molecule has 1 atom stereocenters. The molecule has 96 valence electrons. The molecule has 0 bridgehead atoms. The van der Waals surface area contributed by atoms with Crippen LogP contribution in [0.2, 0.25) is 0 Å². The molecule has 1 rings (SSSR count). The normalized spacial score (nSPS) is 12.2. The van der Waals surface area contributed by atoms with E-state index in [4.69, 9.17) is 4.74 Å². The third-order valence-corrected chi connectivity index (χ3v) is 2.50. The van der Waals surface area contributed by atoms with Gasteiger partial charge in [-0.25, -0.2) is 4.98 Å². The largest absolute Gasteiger partial charge is 0.489 e. The molecule has 6 nitrogen and oxygen atoms in total. The second kappa shape index (κ2) is 6.24. The number of aromatic nitrogens is 2. The number of ether oxygens (including phenoxy) is 1. The second-order valence-corrected chi connectivity index (χ2v) is 4.13. The molecule has 6 heteroatoms. The molecule has 0 radical (unpaired) electrons. The van der Waals surface area contributed by atoms with Gasteiger partial charge in [0.2, 0.25) is 5.75 Å². The lowest BCUT2D eigenvalue weighted by molar-refractivity contribution is 0.404. The van der Waals surface area contributed by atoms with Crippen molar-refractivity contribution in [1.29, 1.82) is 0 Å². The highest BCUT2D eigenvalue weighted by Gasteiger charge is 2.15. The Kier molecular flexibility index (Phi) is 4.96. The van der Waals surface area contributed by atoms with Crippen molar-refractivity contribution in [3.05, 3.63) is 16.7 Å². The Hall–Kier alpha value is -1.56. The number of nitrogens with one attached hydrogen (secondary N) is 2. The molecule has 0 saturated heterocycles. The summed E-state index contributed by atoms with van der Waals surface area (Å²) in [7, 11) is 5.29. The van der Waals surface area contributed by atoms with E-state index in [-0.39, 0.29) is 11.3 Å². The molecule has 1 unspecified atom stereocenters. The minimum Gasteiger partial charge on any atom is -0.489 e. The summed E-state index contributed by atoms with van der Waals surface area (Å²) < 4.78 is 5.08. The summed E-state index contributed by atoms with van der Waals surface area (Å²) >= 11 is 0. The zero-order valence-electron chi connectivity index (χ0n) is 10.8. The summed E-state index contributed by atoms with van der Waals surface area (Å²) in [4.78, 5) is 20.1.